The van der Waals surface area contributed by atoms with Gasteiger partial charge >= 0.3 is 10.2 Å². The summed E-state index contributed by atoms with van der Waals surface area (Å²) in [6, 6.07) is 20.0. The first-order chi connectivity index (χ1) is 17.8. The maximum atomic E-state index is 13.5. The zero-order valence-electron chi connectivity index (χ0n) is 22.8. The highest BCUT2D eigenvalue weighted by Gasteiger charge is 2.43. The number of carbonyl (C=O) groups is 1. The maximum Gasteiger partial charge on any atom is 0.329 e. The van der Waals surface area contributed by atoms with Gasteiger partial charge in [0.05, 0.1) is 5.69 Å². The zero-order valence-corrected chi connectivity index (χ0v) is 24.6. The van der Waals surface area contributed by atoms with Crippen LogP contribution in [0.1, 0.15) is 27.8 Å². The van der Waals surface area contributed by atoms with Gasteiger partial charge in [-0.2, -0.15) is 8.42 Å². The second-order valence-electron chi connectivity index (χ2n) is 11.2. The summed E-state index contributed by atoms with van der Waals surface area (Å²) in [6.07, 6.45) is 0.574. The number of benzene rings is 3. The van der Waals surface area contributed by atoms with Gasteiger partial charge in [0.25, 0.3) is 5.91 Å². The summed E-state index contributed by atoms with van der Waals surface area (Å²) in [6.45, 7) is 10.8. The molecule has 9 heteroatoms. The molecule has 0 atom stereocenters. The van der Waals surface area contributed by atoms with Crippen molar-refractivity contribution < 1.29 is 17.9 Å². The summed E-state index contributed by atoms with van der Waals surface area (Å²) in [4.78, 5) is 12.9. The Morgan fingerprint density at radius 1 is 0.974 bits per heavy atom. The molecule has 38 heavy (non-hydrogen) atoms. The number of anilines is 2. The Kier molecular flexibility index (Phi) is 7.90. The number of nitrogen functional groups attached to an aromatic ring is 1. The minimum absolute atomic E-state index is 0.206. The lowest BCUT2D eigenvalue weighted by atomic mass is 9.98. The maximum absolute atomic E-state index is 13.5. The van der Waals surface area contributed by atoms with Crippen LogP contribution in [-0.2, 0) is 28.0 Å². The van der Waals surface area contributed by atoms with Crippen molar-refractivity contribution in [2.24, 2.45) is 0 Å². The molecular formula is C29H37N3O4SSi. The van der Waals surface area contributed by atoms with Crippen molar-refractivity contribution in [1.82, 2.24) is 4.31 Å². The minimum atomic E-state index is -4.01. The van der Waals surface area contributed by atoms with Crippen LogP contribution in [0.2, 0.25) is 25.7 Å². The van der Waals surface area contributed by atoms with Gasteiger partial charge < -0.3 is 10.5 Å². The van der Waals surface area contributed by atoms with Gasteiger partial charge in [-0.05, 0) is 60.7 Å². The first kappa shape index (κ1) is 27.7. The van der Waals surface area contributed by atoms with E-state index in [4.69, 9.17) is 10.5 Å². The highest BCUT2D eigenvalue weighted by atomic mass is 32.2. The number of nitrogens with zero attached hydrogens (tertiary/aromatic N) is 2. The van der Waals surface area contributed by atoms with Gasteiger partial charge in [0.2, 0.25) is 0 Å². The topological polar surface area (TPSA) is 92.9 Å². The van der Waals surface area contributed by atoms with E-state index in [-0.39, 0.29) is 19.7 Å². The Balaban J connectivity index is 1.69. The number of amides is 1. The molecule has 202 valence electrons. The van der Waals surface area contributed by atoms with Crippen LogP contribution in [0.3, 0.4) is 0 Å². The molecule has 1 fully saturated rings. The molecule has 0 bridgehead atoms. The van der Waals surface area contributed by atoms with E-state index in [1.54, 1.807) is 6.07 Å². The van der Waals surface area contributed by atoms with Gasteiger partial charge in [-0.15, -0.1) is 0 Å². The van der Waals surface area contributed by atoms with Crippen LogP contribution in [-0.4, -0.2) is 39.8 Å². The molecule has 4 rings (SSSR count). The number of rotatable bonds is 9. The third-order valence-electron chi connectivity index (χ3n) is 6.72. The Labute approximate surface area is 227 Å². The summed E-state index contributed by atoms with van der Waals surface area (Å²) in [5.41, 5.74) is 12.5. The average molecular weight is 552 g/mol. The van der Waals surface area contributed by atoms with Crippen molar-refractivity contribution in [2.75, 3.05) is 23.1 Å². The predicted octanol–water partition coefficient (Wildman–Crippen LogP) is 5.29. The Morgan fingerprint density at radius 3 is 2.37 bits per heavy atom. The summed E-state index contributed by atoms with van der Waals surface area (Å²) in [7, 11) is -5.56. The van der Waals surface area contributed by atoms with E-state index in [9.17, 15) is 13.2 Å². The van der Waals surface area contributed by atoms with Crippen LogP contribution < -0.4 is 14.8 Å². The summed E-state index contributed by atoms with van der Waals surface area (Å²) in [5.74, 6) is 0.00191. The van der Waals surface area contributed by atoms with Crippen LogP contribution in [0.5, 0.6) is 5.75 Å². The zero-order chi connectivity index (χ0) is 27.7. The molecule has 0 radical (unpaired) electrons. The highest BCUT2D eigenvalue weighted by Crippen LogP contribution is 2.37. The molecule has 1 amide bonds. The molecule has 0 saturated carbocycles. The molecule has 3 aromatic rings. The average Bonchev–Trinajstić information content (AvgIpc) is 3.07. The van der Waals surface area contributed by atoms with Crippen LogP contribution >= 0.6 is 0 Å². The van der Waals surface area contributed by atoms with Crippen LogP contribution in [0, 0.1) is 13.8 Å². The Hall–Kier alpha value is -3.30. The largest absolute Gasteiger partial charge is 0.487 e. The monoisotopic (exact) mass is 551 g/mol. The van der Waals surface area contributed by atoms with Crippen molar-refractivity contribution in [2.45, 2.75) is 52.6 Å². The molecule has 0 unspecified atom stereocenters. The molecule has 1 saturated heterocycles. The number of aryl methyl sites for hydroxylation is 2. The van der Waals surface area contributed by atoms with E-state index >= 15 is 0 Å². The fourth-order valence-corrected chi connectivity index (χ4v) is 7.18. The van der Waals surface area contributed by atoms with Crippen molar-refractivity contribution in [3.8, 4) is 5.75 Å². The molecule has 1 heterocycles. The lowest BCUT2D eigenvalue weighted by Gasteiger charge is -2.24. The number of hydrogen-bond donors (Lipinski definition) is 1. The second kappa shape index (κ2) is 10.8. The van der Waals surface area contributed by atoms with Crippen molar-refractivity contribution in [3.05, 3.63) is 88.5 Å². The lowest BCUT2D eigenvalue weighted by molar-refractivity contribution is -0.123. The van der Waals surface area contributed by atoms with E-state index in [1.165, 1.54) is 4.31 Å². The van der Waals surface area contributed by atoms with Gasteiger partial charge in [-0.3, -0.25) is 4.79 Å². The third-order valence-corrected chi connectivity index (χ3v) is 10.3. The molecule has 1 aliphatic rings. The smallest absolute Gasteiger partial charge is 0.329 e. The van der Waals surface area contributed by atoms with Crippen molar-refractivity contribution in [3.63, 3.8) is 0 Å². The van der Waals surface area contributed by atoms with Crippen LogP contribution in [0.25, 0.3) is 0 Å². The highest BCUT2D eigenvalue weighted by molar-refractivity contribution is 7.91. The number of hydrogen-bond acceptors (Lipinski definition) is 5. The third kappa shape index (κ3) is 6.22. The van der Waals surface area contributed by atoms with E-state index in [0.29, 0.717) is 23.9 Å². The first-order valence-corrected chi connectivity index (χ1v) is 17.9. The standard InChI is InChI=1S/C29H37N3O4SSi/c1-21-15-22(2)29(30)25(16-21)17-24-11-12-26(27(18-24)36-20-23-9-7-6-8-10-23)32-19-28(33)31(37(32,34)35)13-14-38(3,4)5/h6-12,15-16,18H,13-14,17,19-20,30H2,1-5H3. The molecular weight excluding hydrogens is 514 g/mol. The first-order valence-electron chi connectivity index (χ1n) is 12.8. The minimum Gasteiger partial charge on any atom is -0.487 e. The number of nitrogens with two attached hydrogens (primary N) is 1. The lowest BCUT2D eigenvalue weighted by Crippen LogP contribution is -2.37. The molecule has 2 N–H and O–H groups in total. The fourth-order valence-electron chi connectivity index (χ4n) is 4.58. The quantitative estimate of drug-likeness (QED) is 0.288. The fraction of sp³-hybridized carbons (Fsp3) is 0.345. The molecule has 7 nitrogen and oxygen atoms in total. The van der Waals surface area contributed by atoms with E-state index in [0.717, 1.165) is 37.8 Å². The van der Waals surface area contributed by atoms with Gasteiger partial charge in [0, 0.05) is 20.3 Å². The van der Waals surface area contributed by atoms with Crippen LogP contribution in [0.4, 0.5) is 11.4 Å². The predicted molar refractivity (Wildman–Crippen MR) is 156 cm³/mol. The Bertz CT molecular complexity index is 1440. The molecule has 0 aromatic heterocycles. The number of ether oxygens (including phenoxy) is 1. The second-order valence-corrected chi connectivity index (χ2v) is 18.6. The molecule has 3 aromatic carbocycles. The van der Waals surface area contributed by atoms with Gasteiger partial charge in [-0.1, -0.05) is 73.7 Å². The normalized spacial score (nSPS) is 15.2. The van der Waals surface area contributed by atoms with E-state index in [1.807, 2.05) is 56.3 Å². The van der Waals surface area contributed by atoms with E-state index < -0.39 is 24.2 Å². The molecule has 1 aliphatic heterocycles. The summed E-state index contributed by atoms with van der Waals surface area (Å²) < 4.78 is 35.4. The van der Waals surface area contributed by atoms with Crippen molar-refractivity contribution in [1.29, 1.82) is 0 Å². The van der Waals surface area contributed by atoms with Gasteiger partial charge in [0.1, 0.15) is 18.9 Å². The van der Waals surface area contributed by atoms with Crippen molar-refractivity contribution >= 4 is 35.6 Å². The SMILES string of the molecule is Cc1cc(C)c(N)c(Cc2ccc(N3CC(=O)N(CC[Si](C)(C)C)S3(=O)=O)c(OCc3ccccc3)c2)c1. The van der Waals surface area contributed by atoms with Gasteiger partial charge in [0.15, 0.2) is 0 Å². The van der Waals surface area contributed by atoms with Gasteiger partial charge in [-0.25, -0.2) is 8.61 Å². The molecule has 0 aliphatic carbocycles. The number of carbonyl (C=O) groups excluding carboxylic acids is 1. The summed E-state index contributed by atoms with van der Waals surface area (Å²) in [5, 5.41) is 0. The Morgan fingerprint density at radius 2 is 1.68 bits per heavy atom. The molecule has 0 spiro atoms. The summed E-state index contributed by atoms with van der Waals surface area (Å²) >= 11 is 0. The van der Waals surface area contributed by atoms with Crippen LogP contribution in [0.15, 0.2) is 60.7 Å². The van der Waals surface area contributed by atoms with E-state index in [2.05, 4.69) is 31.8 Å².